The third kappa shape index (κ3) is 5.09. The number of carboxylic acids is 1. The van der Waals surface area contributed by atoms with Crippen molar-refractivity contribution in [3.05, 3.63) is 52.1 Å². The average molecular weight is 572 g/mol. The second-order valence-electron chi connectivity index (χ2n) is 12.1. The van der Waals surface area contributed by atoms with E-state index in [0.29, 0.717) is 27.9 Å². The molecule has 39 heavy (non-hydrogen) atoms. The van der Waals surface area contributed by atoms with Gasteiger partial charge in [0.15, 0.2) is 0 Å². The van der Waals surface area contributed by atoms with Gasteiger partial charge in [0.1, 0.15) is 17.4 Å². The number of carbonyl (C=O) groups is 1. The van der Waals surface area contributed by atoms with Gasteiger partial charge >= 0.3 is 5.97 Å². The maximum Gasteiger partial charge on any atom is 0.309 e. The quantitative estimate of drug-likeness (QED) is 0.353. The van der Waals surface area contributed by atoms with Crippen LogP contribution >= 0.6 is 23.2 Å². The molecule has 0 spiro atoms. The van der Waals surface area contributed by atoms with Crippen LogP contribution in [0.1, 0.15) is 51.2 Å². The van der Waals surface area contributed by atoms with Crippen LogP contribution in [0.4, 0.5) is 5.69 Å². The molecule has 2 aliphatic heterocycles. The second-order valence-corrected chi connectivity index (χ2v) is 12.9. The summed E-state index contributed by atoms with van der Waals surface area (Å²) in [7, 11) is 1.93. The fourth-order valence-electron chi connectivity index (χ4n) is 6.76. The number of hydrogen-bond acceptors (Lipinski definition) is 5. The number of fused-ring (bicyclic) bond motifs is 1. The summed E-state index contributed by atoms with van der Waals surface area (Å²) in [5.41, 5.74) is 2.34. The van der Waals surface area contributed by atoms with Crippen LogP contribution in [0.15, 0.2) is 36.5 Å². The van der Waals surface area contributed by atoms with Crippen LogP contribution in [0.5, 0.6) is 5.75 Å². The van der Waals surface area contributed by atoms with Crippen molar-refractivity contribution in [3.8, 4) is 5.75 Å². The molecule has 9 heteroatoms. The van der Waals surface area contributed by atoms with E-state index in [1.807, 2.05) is 43.9 Å². The zero-order valence-electron chi connectivity index (χ0n) is 22.7. The molecule has 0 radical (unpaired) electrons. The Morgan fingerprint density at radius 1 is 1.15 bits per heavy atom. The van der Waals surface area contributed by atoms with Crippen LogP contribution in [-0.4, -0.2) is 58.0 Å². The first kappa shape index (κ1) is 26.7. The van der Waals surface area contributed by atoms with Crippen molar-refractivity contribution < 1.29 is 14.6 Å². The number of ether oxygens (including phenoxy) is 1. The summed E-state index contributed by atoms with van der Waals surface area (Å²) in [6, 6.07) is 10.2. The SMILES string of the molecule is C[C@@H](Oc1cc(N2CC([C@H]3CCCN(C4CC(C)(C(=O)O)C4)C3)C2)cc2cn(C)nc12)c1ccc(Cl)cc1Cl. The monoisotopic (exact) mass is 570 g/mol. The number of anilines is 1. The minimum Gasteiger partial charge on any atom is -0.484 e. The van der Waals surface area contributed by atoms with Gasteiger partial charge < -0.3 is 19.6 Å². The number of rotatable bonds is 7. The number of likely N-dealkylation sites (tertiary alicyclic amines) is 1. The summed E-state index contributed by atoms with van der Waals surface area (Å²) >= 11 is 12.6. The molecule has 3 aliphatic rings. The summed E-state index contributed by atoms with van der Waals surface area (Å²) < 4.78 is 8.29. The van der Waals surface area contributed by atoms with E-state index in [1.54, 1.807) is 6.07 Å². The third-order valence-corrected chi connectivity index (χ3v) is 9.78. The van der Waals surface area contributed by atoms with E-state index in [0.717, 1.165) is 66.9 Å². The van der Waals surface area contributed by atoms with Crippen LogP contribution in [-0.2, 0) is 11.8 Å². The molecular formula is C30H36Cl2N4O3. The van der Waals surface area contributed by atoms with Gasteiger partial charge in [-0.25, -0.2) is 0 Å². The van der Waals surface area contributed by atoms with Crippen molar-refractivity contribution in [2.75, 3.05) is 31.1 Å². The molecule has 1 aliphatic carbocycles. The lowest BCUT2D eigenvalue weighted by Crippen LogP contribution is -2.58. The minimum atomic E-state index is -0.651. The standard InChI is InChI=1S/C30H36Cl2N4O3/c1-18(25-7-6-22(31)10-26(25)32)39-27-11-23(9-20-14-34(3)33-28(20)27)36-16-21(17-36)19-5-4-8-35(15-19)24-12-30(2,13-24)29(37)38/h6-7,9-11,14,18-19,21,24H,4-5,8,12-13,15-17H2,1-3H3,(H,37,38)/t18-,19+,24?,30?/m1/s1. The molecule has 2 atom stereocenters. The molecule has 0 unspecified atom stereocenters. The lowest BCUT2D eigenvalue weighted by Gasteiger charge is -2.52. The molecule has 7 nitrogen and oxygen atoms in total. The molecule has 208 valence electrons. The predicted molar refractivity (Wildman–Crippen MR) is 155 cm³/mol. The van der Waals surface area contributed by atoms with Gasteiger partial charge in [0.2, 0.25) is 0 Å². The number of aromatic nitrogens is 2. The zero-order valence-corrected chi connectivity index (χ0v) is 24.3. The van der Waals surface area contributed by atoms with Gasteiger partial charge in [-0.15, -0.1) is 0 Å². The van der Waals surface area contributed by atoms with Crippen molar-refractivity contribution in [1.29, 1.82) is 0 Å². The summed E-state index contributed by atoms with van der Waals surface area (Å²) in [5, 5.41) is 16.4. The fraction of sp³-hybridized carbons (Fsp3) is 0.533. The van der Waals surface area contributed by atoms with Gasteiger partial charge in [0.25, 0.3) is 0 Å². The molecule has 3 fully saturated rings. The number of nitrogens with zero attached hydrogens (tertiary/aromatic N) is 4. The highest BCUT2D eigenvalue weighted by Gasteiger charge is 2.49. The summed E-state index contributed by atoms with van der Waals surface area (Å²) in [6.07, 6.45) is 5.78. The largest absolute Gasteiger partial charge is 0.484 e. The van der Waals surface area contributed by atoms with Crippen molar-refractivity contribution in [2.24, 2.45) is 24.3 Å². The Bertz CT molecular complexity index is 1400. The van der Waals surface area contributed by atoms with Gasteiger partial charge in [-0.1, -0.05) is 29.3 Å². The molecule has 2 aromatic carbocycles. The minimum absolute atomic E-state index is 0.262. The second kappa shape index (κ2) is 10.2. The topological polar surface area (TPSA) is 70.8 Å². The van der Waals surface area contributed by atoms with Gasteiger partial charge in [-0.3, -0.25) is 9.48 Å². The smallest absolute Gasteiger partial charge is 0.309 e. The van der Waals surface area contributed by atoms with Gasteiger partial charge in [-0.05, 0) is 76.1 Å². The van der Waals surface area contributed by atoms with E-state index in [9.17, 15) is 9.90 Å². The Labute approximate surface area is 239 Å². The number of aryl methyl sites for hydroxylation is 1. The Kier molecular flexibility index (Phi) is 6.97. The first-order valence-corrected chi connectivity index (χ1v) is 14.7. The molecular weight excluding hydrogens is 535 g/mol. The molecule has 0 amide bonds. The van der Waals surface area contributed by atoms with E-state index in [1.165, 1.54) is 12.8 Å². The van der Waals surface area contributed by atoms with E-state index in [2.05, 4.69) is 27.0 Å². The number of aliphatic carboxylic acids is 1. The number of carboxylic acid groups (broad SMARTS) is 1. The summed E-state index contributed by atoms with van der Waals surface area (Å²) in [5.74, 6) is 1.41. The van der Waals surface area contributed by atoms with Gasteiger partial charge in [-0.2, -0.15) is 5.10 Å². The first-order chi connectivity index (χ1) is 18.6. The van der Waals surface area contributed by atoms with Crippen LogP contribution in [0, 0.1) is 17.3 Å². The molecule has 3 heterocycles. The molecule has 3 aromatic rings. The van der Waals surface area contributed by atoms with Crippen molar-refractivity contribution in [2.45, 2.75) is 51.7 Å². The first-order valence-electron chi connectivity index (χ1n) is 13.9. The van der Waals surface area contributed by atoms with Gasteiger partial charge in [0, 0.05) is 71.7 Å². The van der Waals surface area contributed by atoms with E-state index in [4.69, 9.17) is 27.9 Å². The van der Waals surface area contributed by atoms with Crippen LogP contribution in [0.3, 0.4) is 0 Å². The average Bonchev–Trinajstić information content (AvgIpc) is 3.21. The highest BCUT2D eigenvalue weighted by molar-refractivity contribution is 6.35. The Balaban J connectivity index is 1.13. The normalized spacial score (nSPS) is 26.7. The highest BCUT2D eigenvalue weighted by Crippen LogP contribution is 2.46. The van der Waals surface area contributed by atoms with Crippen molar-refractivity contribution in [1.82, 2.24) is 14.7 Å². The van der Waals surface area contributed by atoms with Crippen molar-refractivity contribution in [3.63, 3.8) is 0 Å². The molecule has 0 bridgehead atoms. The van der Waals surface area contributed by atoms with Crippen LogP contribution in [0.25, 0.3) is 10.9 Å². The zero-order chi connectivity index (χ0) is 27.5. The van der Waals surface area contributed by atoms with Gasteiger partial charge in [0.05, 0.1) is 5.41 Å². The van der Waals surface area contributed by atoms with Crippen molar-refractivity contribution >= 4 is 45.8 Å². The lowest BCUT2D eigenvalue weighted by atomic mass is 9.65. The van der Waals surface area contributed by atoms with Crippen LogP contribution in [0.2, 0.25) is 10.0 Å². The Hall–Kier alpha value is -2.48. The summed E-state index contributed by atoms with van der Waals surface area (Å²) in [4.78, 5) is 16.6. The Morgan fingerprint density at radius 2 is 1.92 bits per heavy atom. The predicted octanol–water partition coefficient (Wildman–Crippen LogP) is 6.42. The number of piperidine rings is 1. The maximum absolute atomic E-state index is 11.5. The fourth-order valence-corrected chi connectivity index (χ4v) is 7.32. The van der Waals surface area contributed by atoms with E-state index in [-0.39, 0.29) is 6.10 Å². The molecule has 6 rings (SSSR count). The summed E-state index contributed by atoms with van der Waals surface area (Å²) in [6.45, 7) is 8.13. The molecule has 1 aromatic heterocycles. The van der Waals surface area contributed by atoms with E-state index < -0.39 is 11.4 Å². The lowest BCUT2D eigenvalue weighted by molar-refractivity contribution is -0.158. The van der Waals surface area contributed by atoms with Crippen LogP contribution < -0.4 is 9.64 Å². The third-order valence-electron chi connectivity index (χ3n) is 9.21. The Morgan fingerprint density at radius 3 is 2.64 bits per heavy atom. The number of benzene rings is 2. The molecule has 1 N–H and O–H groups in total. The van der Waals surface area contributed by atoms with E-state index >= 15 is 0 Å². The number of hydrogen-bond donors (Lipinski definition) is 1. The molecule has 2 saturated heterocycles. The highest BCUT2D eigenvalue weighted by atomic mass is 35.5. The maximum atomic E-state index is 11.5. The number of halogens is 2. The molecule has 1 saturated carbocycles.